The molecule has 0 N–H and O–H groups in total. The fourth-order valence-electron chi connectivity index (χ4n) is 3.79. The minimum absolute atomic E-state index is 0.00551. The smallest absolute Gasteiger partial charge is 0.409 e. The third-order valence-electron chi connectivity index (χ3n) is 4.69. The Morgan fingerprint density at radius 3 is 3.05 bits per heavy atom. The van der Waals surface area contributed by atoms with Crippen molar-refractivity contribution in [3.05, 3.63) is 12.7 Å². The zero-order valence-corrected chi connectivity index (χ0v) is 11.7. The lowest BCUT2D eigenvalue weighted by atomic mass is 9.65. The van der Waals surface area contributed by atoms with Crippen LogP contribution in [0.15, 0.2) is 12.7 Å². The third-order valence-corrected chi connectivity index (χ3v) is 4.69. The molecule has 2 atom stereocenters. The monoisotopic (exact) mass is 265 g/mol. The quantitative estimate of drug-likeness (QED) is 0.737. The van der Waals surface area contributed by atoms with E-state index in [4.69, 9.17) is 4.74 Å². The molecular formula is C15H23NO3. The summed E-state index contributed by atoms with van der Waals surface area (Å²) in [5, 5.41) is 0. The van der Waals surface area contributed by atoms with E-state index in [1.807, 2.05) is 11.0 Å². The summed E-state index contributed by atoms with van der Waals surface area (Å²) in [5.74, 6) is 0.318. The van der Waals surface area contributed by atoms with E-state index < -0.39 is 0 Å². The highest BCUT2D eigenvalue weighted by atomic mass is 16.5. The van der Waals surface area contributed by atoms with Crippen molar-refractivity contribution in [3.8, 4) is 0 Å². The molecule has 1 saturated carbocycles. The number of piperidine rings is 1. The summed E-state index contributed by atoms with van der Waals surface area (Å²) in [4.78, 5) is 26.1. The van der Waals surface area contributed by atoms with Gasteiger partial charge in [0.1, 0.15) is 5.78 Å². The molecule has 1 saturated heterocycles. The van der Waals surface area contributed by atoms with E-state index in [2.05, 4.69) is 6.58 Å². The first kappa shape index (κ1) is 14.1. The second-order valence-corrected chi connectivity index (χ2v) is 5.57. The number of nitrogens with zero attached hydrogens (tertiary/aromatic N) is 1. The topological polar surface area (TPSA) is 46.6 Å². The van der Waals surface area contributed by atoms with Gasteiger partial charge < -0.3 is 9.64 Å². The number of likely N-dealkylation sites (tertiary alicyclic amines) is 1. The van der Waals surface area contributed by atoms with Crippen LogP contribution in [0.1, 0.15) is 44.9 Å². The van der Waals surface area contributed by atoms with Gasteiger partial charge in [0.25, 0.3) is 0 Å². The van der Waals surface area contributed by atoms with Gasteiger partial charge in [0, 0.05) is 18.9 Å². The van der Waals surface area contributed by atoms with Crippen molar-refractivity contribution >= 4 is 11.9 Å². The fraction of sp³-hybridized carbons (Fsp3) is 0.733. The van der Waals surface area contributed by atoms with Crippen LogP contribution >= 0.6 is 0 Å². The number of hydrogen-bond acceptors (Lipinski definition) is 3. The number of amides is 1. The number of methoxy groups -OCH3 is 1. The van der Waals surface area contributed by atoms with Gasteiger partial charge in [-0.2, -0.15) is 0 Å². The van der Waals surface area contributed by atoms with E-state index >= 15 is 0 Å². The number of ether oxygens (including phenoxy) is 1. The Hall–Kier alpha value is -1.32. The highest BCUT2D eigenvalue weighted by molar-refractivity contribution is 5.86. The molecule has 0 aromatic rings. The van der Waals surface area contributed by atoms with Crippen LogP contribution < -0.4 is 0 Å². The Labute approximate surface area is 114 Å². The maximum Gasteiger partial charge on any atom is 0.409 e. The number of hydrogen-bond donors (Lipinski definition) is 0. The Balaban J connectivity index is 2.33. The highest BCUT2D eigenvalue weighted by Gasteiger charge is 2.52. The molecule has 2 rings (SSSR count). The Kier molecular flexibility index (Phi) is 4.27. The second kappa shape index (κ2) is 5.76. The Morgan fingerprint density at radius 2 is 2.37 bits per heavy atom. The summed E-state index contributed by atoms with van der Waals surface area (Å²) in [7, 11) is 1.41. The van der Waals surface area contributed by atoms with Crippen molar-refractivity contribution < 1.29 is 14.3 Å². The summed E-state index contributed by atoms with van der Waals surface area (Å²) in [6, 6.07) is 0. The first-order chi connectivity index (χ1) is 9.15. The molecule has 1 heterocycles. The molecule has 1 aliphatic heterocycles. The molecule has 0 bridgehead atoms. The van der Waals surface area contributed by atoms with Crippen LogP contribution in [0.5, 0.6) is 0 Å². The standard InChI is InChI=1S/C15H23NO3/c1-3-4-9-15-10-6-5-7-12(15)13(17)8-11-16(15)14(18)19-2/h3,12H,1,4-11H2,2H3/t12-,15+/m1/s1. The van der Waals surface area contributed by atoms with Crippen molar-refractivity contribution in [2.45, 2.75) is 50.5 Å². The minimum atomic E-state index is -0.325. The van der Waals surface area contributed by atoms with Gasteiger partial charge in [-0.15, -0.1) is 6.58 Å². The van der Waals surface area contributed by atoms with Crippen LogP contribution in [0, 0.1) is 5.92 Å². The van der Waals surface area contributed by atoms with E-state index in [1.165, 1.54) is 7.11 Å². The molecule has 1 aliphatic carbocycles. The average Bonchev–Trinajstić information content (AvgIpc) is 2.45. The Morgan fingerprint density at radius 1 is 1.58 bits per heavy atom. The van der Waals surface area contributed by atoms with Crippen LogP contribution in [-0.2, 0) is 9.53 Å². The van der Waals surface area contributed by atoms with Gasteiger partial charge in [0.2, 0.25) is 0 Å². The van der Waals surface area contributed by atoms with E-state index in [-0.39, 0.29) is 17.6 Å². The molecule has 0 spiro atoms. The molecule has 4 heteroatoms. The van der Waals surface area contributed by atoms with Crippen molar-refractivity contribution in [2.75, 3.05) is 13.7 Å². The summed E-state index contributed by atoms with van der Waals surface area (Å²) in [6.07, 6.45) is 7.68. The summed E-state index contributed by atoms with van der Waals surface area (Å²) >= 11 is 0. The molecule has 2 fully saturated rings. The molecular weight excluding hydrogens is 242 g/mol. The molecule has 0 aromatic carbocycles. The van der Waals surface area contributed by atoms with Crippen molar-refractivity contribution in [2.24, 2.45) is 5.92 Å². The van der Waals surface area contributed by atoms with E-state index in [1.54, 1.807) is 0 Å². The van der Waals surface area contributed by atoms with Gasteiger partial charge in [0.15, 0.2) is 0 Å². The SMILES string of the molecule is C=CCC[C@]12CCCC[C@@H]1C(=O)CCN2C(=O)OC. The van der Waals surface area contributed by atoms with Crippen LogP contribution in [0.2, 0.25) is 0 Å². The number of fused-ring (bicyclic) bond motifs is 1. The van der Waals surface area contributed by atoms with Crippen molar-refractivity contribution in [1.82, 2.24) is 4.90 Å². The summed E-state index contributed by atoms with van der Waals surface area (Å²) in [6.45, 7) is 4.27. The van der Waals surface area contributed by atoms with Crippen LogP contribution in [0.3, 0.4) is 0 Å². The number of ketones is 1. The first-order valence-electron chi connectivity index (χ1n) is 7.15. The molecule has 1 amide bonds. The normalized spacial score (nSPS) is 30.7. The summed E-state index contributed by atoms with van der Waals surface area (Å²) in [5.41, 5.74) is -0.325. The highest BCUT2D eigenvalue weighted by Crippen LogP contribution is 2.45. The Bertz CT molecular complexity index is 380. The zero-order chi connectivity index (χ0) is 13.9. The van der Waals surface area contributed by atoms with Gasteiger partial charge in [-0.05, 0) is 25.7 Å². The number of carbonyl (C=O) groups excluding carboxylic acids is 2. The van der Waals surface area contributed by atoms with Gasteiger partial charge >= 0.3 is 6.09 Å². The van der Waals surface area contributed by atoms with Gasteiger partial charge in [0.05, 0.1) is 12.6 Å². The lowest BCUT2D eigenvalue weighted by Crippen LogP contribution is -2.63. The predicted molar refractivity (Wildman–Crippen MR) is 72.9 cm³/mol. The largest absolute Gasteiger partial charge is 0.453 e. The molecule has 0 unspecified atom stereocenters. The minimum Gasteiger partial charge on any atom is -0.453 e. The average molecular weight is 265 g/mol. The van der Waals surface area contributed by atoms with E-state index in [9.17, 15) is 9.59 Å². The van der Waals surface area contributed by atoms with E-state index in [0.717, 1.165) is 38.5 Å². The van der Waals surface area contributed by atoms with Crippen molar-refractivity contribution in [1.29, 1.82) is 0 Å². The lowest BCUT2D eigenvalue weighted by Gasteiger charge is -2.53. The molecule has 4 nitrogen and oxygen atoms in total. The van der Waals surface area contributed by atoms with Crippen LogP contribution in [0.25, 0.3) is 0 Å². The maximum atomic E-state index is 12.2. The van der Waals surface area contributed by atoms with Gasteiger partial charge in [-0.1, -0.05) is 18.9 Å². The molecule has 2 aliphatic rings. The third kappa shape index (κ3) is 2.40. The van der Waals surface area contributed by atoms with Gasteiger partial charge in [-0.25, -0.2) is 4.79 Å². The number of rotatable bonds is 3. The number of Topliss-reactive ketones (excluding diaryl/α,β-unsaturated/α-hetero) is 1. The van der Waals surface area contributed by atoms with Crippen molar-refractivity contribution in [3.63, 3.8) is 0 Å². The number of carbonyl (C=O) groups is 2. The molecule has 0 radical (unpaired) electrons. The predicted octanol–water partition coefficient (Wildman–Crippen LogP) is 2.92. The molecule has 19 heavy (non-hydrogen) atoms. The lowest BCUT2D eigenvalue weighted by molar-refractivity contribution is -0.136. The summed E-state index contributed by atoms with van der Waals surface area (Å²) < 4.78 is 4.93. The van der Waals surface area contributed by atoms with Crippen LogP contribution in [-0.4, -0.2) is 36.0 Å². The van der Waals surface area contributed by atoms with E-state index in [0.29, 0.717) is 18.7 Å². The van der Waals surface area contributed by atoms with Gasteiger partial charge in [-0.3, -0.25) is 4.79 Å². The zero-order valence-electron chi connectivity index (χ0n) is 11.7. The second-order valence-electron chi connectivity index (χ2n) is 5.57. The van der Waals surface area contributed by atoms with Crippen LogP contribution in [0.4, 0.5) is 4.79 Å². The molecule has 0 aromatic heterocycles. The maximum absolute atomic E-state index is 12.2. The molecule has 106 valence electrons. The first-order valence-corrected chi connectivity index (χ1v) is 7.15. The number of allylic oxidation sites excluding steroid dienone is 1. The fourth-order valence-corrected chi connectivity index (χ4v) is 3.79.